The van der Waals surface area contributed by atoms with Crippen molar-refractivity contribution in [2.24, 2.45) is 16.6 Å². The SMILES string of the molecule is C=C(S/C=C(\C)c1cc[n+](C)cc1)SC1=C(c2nn[nH]n2)N2C(=O)C(NC(=O)C(=N\OCC)/C(C)=N/SC(NP(O)O)=C(C)CC)C2SC1. The van der Waals surface area contributed by atoms with E-state index in [0.717, 1.165) is 37.8 Å². The quantitative estimate of drug-likeness (QED) is 0.0411. The third-order valence-electron chi connectivity index (χ3n) is 7.05. The van der Waals surface area contributed by atoms with Gasteiger partial charge in [0.25, 0.3) is 20.3 Å². The molecule has 1 fully saturated rings. The van der Waals surface area contributed by atoms with E-state index in [1.165, 1.54) is 35.3 Å². The molecule has 15 nitrogen and oxygen atoms in total. The Morgan fingerprint density at radius 1 is 1.31 bits per heavy atom. The van der Waals surface area contributed by atoms with E-state index in [4.69, 9.17) is 4.84 Å². The fourth-order valence-corrected chi connectivity index (χ4v) is 8.98. The van der Waals surface area contributed by atoms with E-state index in [-0.39, 0.29) is 29.8 Å². The highest BCUT2D eigenvalue weighted by Gasteiger charge is 2.54. The zero-order valence-electron chi connectivity index (χ0n) is 27.7. The predicted molar refractivity (Wildman–Crippen MR) is 199 cm³/mol. The first-order valence-electron chi connectivity index (χ1n) is 14.9. The van der Waals surface area contributed by atoms with Crippen LogP contribution in [0, 0.1) is 0 Å². The highest BCUT2D eigenvalue weighted by atomic mass is 32.2. The standard InChI is InChI=1S/C29H37N10O5PS4/c1-8-16(3)27(34-45(42)43)49-35-18(5)22(33-44-9-2)26(40)30-23-28(41)39-24(25-31-36-37-32-25)21(15-47-29(23)39)48-19(6)46-14-17(4)20-10-12-38(7)13-11-20/h10-14,23,29,34,42-43H,6,8-9,15H2,1-5,7H3,(H-,30,31,32,36,37,40)/p+1/b17-14+,27-16?,33-22-,35-18+. The van der Waals surface area contributed by atoms with Gasteiger partial charge >= 0.3 is 0 Å². The fraction of sp³-hybridized carbons (Fsp3) is 0.379. The second kappa shape index (κ2) is 18.2. The van der Waals surface area contributed by atoms with Gasteiger partial charge in [-0.3, -0.25) is 14.5 Å². The number of hydrogen-bond donors (Lipinski definition) is 5. The number of H-pyrrole nitrogens is 1. The van der Waals surface area contributed by atoms with Crippen molar-refractivity contribution in [3.05, 3.63) is 67.6 Å². The Labute approximate surface area is 302 Å². The number of hydrogen-bond acceptors (Lipinski definition) is 15. The number of carbonyl (C=O) groups is 2. The van der Waals surface area contributed by atoms with Crippen LogP contribution in [-0.4, -0.2) is 82.3 Å². The molecule has 0 bridgehead atoms. The molecule has 20 heteroatoms. The lowest BCUT2D eigenvalue weighted by molar-refractivity contribution is -0.671. The third kappa shape index (κ3) is 9.96. The first-order chi connectivity index (χ1) is 23.4. The predicted octanol–water partition coefficient (Wildman–Crippen LogP) is 4.04. The van der Waals surface area contributed by atoms with Crippen LogP contribution in [0.15, 0.2) is 65.8 Å². The summed E-state index contributed by atoms with van der Waals surface area (Å²) in [6, 6.07) is 3.23. The van der Waals surface area contributed by atoms with E-state index in [0.29, 0.717) is 22.9 Å². The summed E-state index contributed by atoms with van der Waals surface area (Å²) in [6.07, 6.45) is 4.63. The number of nitrogens with one attached hydrogen (secondary N) is 3. The molecule has 2 atom stereocenters. The maximum atomic E-state index is 13.7. The molecule has 0 radical (unpaired) electrons. The van der Waals surface area contributed by atoms with Gasteiger partial charge in [-0.15, -0.1) is 22.0 Å². The van der Waals surface area contributed by atoms with Gasteiger partial charge in [0.15, 0.2) is 18.1 Å². The van der Waals surface area contributed by atoms with Crippen LogP contribution in [0.2, 0.25) is 0 Å². The molecule has 2 aromatic heterocycles. The van der Waals surface area contributed by atoms with Gasteiger partial charge in [-0.1, -0.05) is 42.2 Å². The van der Waals surface area contributed by atoms with Crippen molar-refractivity contribution in [1.29, 1.82) is 0 Å². The lowest BCUT2D eigenvalue weighted by atomic mass is 10.0. The van der Waals surface area contributed by atoms with Crippen LogP contribution in [0.4, 0.5) is 0 Å². The number of oxime groups is 1. The van der Waals surface area contributed by atoms with E-state index >= 15 is 0 Å². The molecule has 49 heavy (non-hydrogen) atoms. The lowest BCUT2D eigenvalue weighted by Crippen LogP contribution is -2.70. The van der Waals surface area contributed by atoms with Crippen molar-refractivity contribution in [2.75, 3.05) is 12.4 Å². The molecule has 5 N–H and O–H groups in total. The summed E-state index contributed by atoms with van der Waals surface area (Å²) in [4.78, 5) is 53.7. The average molecular weight is 766 g/mol. The van der Waals surface area contributed by atoms with Gasteiger partial charge in [-0.2, -0.15) is 5.21 Å². The maximum absolute atomic E-state index is 13.7. The van der Waals surface area contributed by atoms with Crippen molar-refractivity contribution in [3.8, 4) is 0 Å². The van der Waals surface area contributed by atoms with E-state index in [2.05, 4.69) is 47.2 Å². The number of nitrogens with zero attached hydrogens (tertiary/aromatic N) is 7. The molecule has 262 valence electrons. The number of aromatic amines is 1. The van der Waals surface area contributed by atoms with Gasteiger partial charge in [0.1, 0.15) is 30.8 Å². The van der Waals surface area contributed by atoms with Crippen LogP contribution in [0.1, 0.15) is 52.4 Å². The number of allylic oxidation sites excluding steroid dienone is 2. The Hall–Kier alpha value is -3.19. The van der Waals surface area contributed by atoms with E-state index in [1.807, 2.05) is 62.3 Å². The number of aromatic nitrogens is 5. The summed E-state index contributed by atoms with van der Waals surface area (Å²) in [5.74, 6) is -0.210. The number of aryl methyl sites for hydroxylation is 1. The molecule has 2 aliphatic rings. The van der Waals surface area contributed by atoms with Gasteiger partial charge in [-0.05, 0) is 61.4 Å². The van der Waals surface area contributed by atoms with Crippen LogP contribution >= 0.6 is 55.8 Å². The highest BCUT2D eigenvalue weighted by Crippen LogP contribution is 2.49. The van der Waals surface area contributed by atoms with E-state index in [9.17, 15) is 19.4 Å². The van der Waals surface area contributed by atoms with Crippen molar-refractivity contribution < 1.29 is 28.8 Å². The molecule has 2 aliphatic heterocycles. The zero-order valence-corrected chi connectivity index (χ0v) is 31.9. The highest BCUT2D eigenvalue weighted by molar-refractivity contribution is 8.25. The number of fused-ring (bicyclic) bond motifs is 1. The van der Waals surface area contributed by atoms with Crippen LogP contribution in [0.3, 0.4) is 0 Å². The summed E-state index contributed by atoms with van der Waals surface area (Å²) < 4.78 is 7.16. The first kappa shape index (κ1) is 38.6. The lowest BCUT2D eigenvalue weighted by Gasteiger charge is -2.49. The van der Waals surface area contributed by atoms with Gasteiger partial charge in [-0.25, -0.2) is 8.96 Å². The molecule has 0 spiro atoms. The molecular weight excluding hydrogens is 728 g/mol. The molecule has 1 saturated heterocycles. The van der Waals surface area contributed by atoms with E-state index < -0.39 is 25.8 Å². The van der Waals surface area contributed by atoms with Crippen molar-refractivity contribution >= 4 is 90.3 Å². The normalized spacial score (nSPS) is 19.0. The Kier molecular flexibility index (Phi) is 14.3. The number of β-lactam (4-membered cyclic amide) rings is 1. The van der Waals surface area contributed by atoms with Crippen LogP contribution in [-0.2, 0) is 21.5 Å². The van der Waals surface area contributed by atoms with Crippen molar-refractivity contribution in [2.45, 2.75) is 52.5 Å². The molecule has 2 aromatic rings. The van der Waals surface area contributed by atoms with Crippen molar-refractivity contribution in [1.82, 2.24) is 35.9 Å². The van der Waals surface area contributed by atoms with Crippen molar-refractivity contribution in [3.63, 3.8) is 0 Å². The Morgan fingerprint density at radius 2 is 2.04 bits per heavy atom. The van der Waals surface area contributed by atoms with E-state index in [1.54, 1.807) is 18.7 Å². The molecule has 2 unspecified atom stereocenters. The van der Waals surface area contributed by atoms with Crippen LogP contribution in [0.5, 0.6) is 0 Å². The first-order valence-corrected chi connectivity index (χ1v) is 19.7. The van der Waals surface area contributed by atoms with Gasteiger partial charge in [0, 0.05) is 39.0 Å². The smallest absolute Gasteiger partial charge is 0.281 e. The fourth-order valence-electron chi connectivity index (χ4n) is 4.30. The van der Waals surface area contributed by atoms with Gasteiger partial charge in [0.2, 0.25) is 5.82 Å². The number of rotatable bonds is 16. The minimum absolute atomic E-state index is 0.114. The third-order valence-corrected chi connectivity index (χ3v) is 12.2. The molecule has 4 heterocycles. The molecular formula is C29H38N10O5PS4+. The minimum atomic E-state index is -2.41. The Morgan fingerprint density at radius 3 is 2.67 bits per heavy atom. The summed E-state index contributed by atoms with van der Waals surface area (Å²) in [6.45, 7) is 13.5. The number of pyridine rings is 1. The average Bonchev–Trinajstić information content (AvgIpc) is 3.62. The number of carbonyl (C=O) groups excluding carboxylic acids is 2. The number of thioether (sulfide) groups is 3. The molecule has 0 aromatic carbocycles. The second-order valence-electron chi connectivity index (χ2n) is 10.5. The molecule has 2 amide bonds. The number of tetrazole rings is 1. The van der Waals surface area contributed by atoms with Crippen LogP contribution in [0.25, 0.3) is 11.3 Å². The molecule has 0 saturated carbocycles. The summed E-state index contributed by atoms with van der Waals surface area (Å²) >= 11 is 5.38. The minimum Gasteiger partial charge on any atom is -0.395 e. The summed E-state index contributed by atoms with van der Waals surface area (Å²) in [5, 5.41) is 25.9. The maximum Gasteiger partial charge on any atom is 0.281 e. The molecule has 4 rings (SSSR count). The van der Waals surface area contributed by atoms with Gasteiger partial charge in [0.05, 0.1) is 10.7 Å². The zero-order chi connectivity index (χ0) is 35.7. The summed E-state index contributed by atoms with van der Waals surface area (Å²) in [5.41, 5.74) is 3.66. The molecule has 0 aliphatic carbocycles. The Bertz CT molecular complexity index is 1700. The second-order valence-corrected chi connectivity index (χ2v) is 15.6. The largest absolute Gasteiger partial charge is 0.395 e. The summed E-state index contributed by atoms with van der Waals surface area (Å²) in [7, 11) is -0.442. The number of amides is 2. The monoisotopic (exact) mass is 765 g/mol. The topological polar surface area (TPSA) is 194 Å². The Balaban J connectivity index is 1.50. The van der Waals surface area contributed by atoms with Crippen LogP contribution < -0.4 is 15.0 Å². The van der Waals surface area contributed by atoms with Gasteiger partial charge < -0.3 is 25.0 Å².